The van der Waals surface area contributed by atoms with Gasteiger partial charge in [0, 0.05) is 0 Å². The third-order valence-electron chi connectivity index (χ3n) is 2.41. The Hall–Kier alpha value is -0.660. The number of hydrogen-bond acceptors (Lipinski definition) is 2. The zero-order chi connectivity index (χ0) is 8.48. The fraction of sp³-hybridized carbons (Fsp3) is 0.778. The van der Waals surface area contributed by atoms with Gasteiger partial charge in [-0.3, -0.25) is 9.98 Å². The summed E-state index contributed by atoms with van der Waals surface area (Å²) in [6.45, 7) is 8.35. The second-order valence-corrected chi connectivity index (χ2v) is 3.08. The Bertz CT molecular complexity index is 190. The quantitative estimate of drug-likeness (QED) is 0.580. The highest BCUT2D eigenvalue weighted by Gasteiger charge is 2.28. The molecule has 62 valence electrons. The Morgan fingerprint density at radius 1 is 1.00 bits per heavy atom. The molecule has 0 radical (unpaired) electrons. The molecule has 0 saturated carbocycles. The van der Waals surface area contributed by atoms with Crippen molar-refractivity contribution < 1.29 is 0 Å². The summed E-state index contributed by atoms with van der Waals surface area (Å²) in [7, 11) is 0. The standard InChI is InChI=1S/C9H16N2/c1-5-9(6-2)10-7(3)8(4)11-9/h5-6H2,1-4H3. The molecule has 1 heterocycles. The van der Waals surface area contributed by atoms with Gasteiger partial charge >= 0.3 is 0 Å². The van der Waals surface area contributed by atoms with Crippen molar-refractivity contribution in [2.45, 2.75) is 46.2 Å². The minimum Gasteiger partial charge on any atom is -0.258 e. The van der Waals surface area contributed by atoms with Gasteiger partial charge in [-0.2, -0.15) is 0 Å². The lowest BCUT2D eigenvalue weighted by Crippen LogP contribution is -2.18. The van der Waals surface area contributed by atoms with Gasteiger partial charge in [0.05, 0.1) is 11.4 Å². The first-order valence-electron chi connectivity index (χ1n) is 4.27. The fourth-order valence-electron chi connectivity index (χ4n) is 1.38. The third kappa shape index (κ3) is 1.35. The van der Waals surface area contributed by atoms with E-state index in [4.69, 9.17) is 0 Å². The van der Waals surface area contributed by atoms with E-state index < -0.39 is 0 Å². The van der Waals surface area contributed by atoms with Gasteiger partial charge in [0.25, 0.3) is 0 Å². The van der Waals surface area contributed by atoms with Crippen LogP contribution < -0.4 is 0 Å². The van der Waals surface area contributed by atoms with Gasteiger partial charge in [0.1, 0.15) is 5.66 Å². The van der Waals surface area contributed by atoms with Crippen LogP contribution in [0, 0.1) is 0 Å². The number of aliphatic imine (C=N–C) groups is 2. The average Bonchev–Trinajstić information content (AvgIpc) is 2.29. The second-order valence-electron chi connectivity index (χ2n) is 3.08. The Morgan fingerprint density at radius 2 is 1.36 bits per heavy atom. The summed E-state index contributed by atoms with van der Waals surface area (Å²) in [5.74, 6) is 0. The summed E-state index contributed by atoms with van der Waals surface area (Å²) in [6.07, 6.45) is 2.02. The molecule has 0 aromatic rings. The van der Waals surface area contributed by atoms with E-state index >= 15 is 0 Å². The molecule has 1 rings (SSSR count). The largest absolute Gasteiger partial charge is 0.258 e. The van der Waals surface area contributed by atoms with Gasteiger partial charge in [-0.05, 0) is 26.7 Å². The zero-order valence-electron chi connectivity index (χ0n) is 7.81. The van der Waals surface area contributed by atoms with Gasteiger partial charge in [0.15, 0.2) is 0 Å². The zero-order valence-corrected chi connectivity index (χ0v) is 7.81. The molecular weight excluding hydrogens is 136 g/mol. The number of nitrogens with zero attached hydrogens (tertiary/aromatic N) is 2. The van der Waals surface area contributed by atoms with Crippen LogP contribution in [0.15, 0.2) is 9.98 Å². The molecule has 0 aromatic heterocycles. The number of rotatable bonds is 2. The van der Waals surface area contributed by atoms with E-state index in [2.05, 4.69) is 23.8 Å². The third-order valence-corrected chi connectivity index (χ3v) is 2.41. The molecule has 0 amide bonds. The first kappa shape index (κ1) is 8.44. The van der Waals surface area contributed by atoms with E-state index in [1.54, 1.807) is 0 Å². The van der Waals surface area contributed by atoms with Crippen molar-refractivity contribution in [3.8, 4) is 0 Å². The lowest BCUT2D eigenvalue weighted by atomic mass is 10.1. The Labute approximate surface area is 68.4 Å². The van der Waals surface area contributed by atoms with Gasteiger partial charge in [0.2, 0.25) is 0 Å². The van der Waals surface area contributed by atoms with Crippen LogP contribution in [0.5, 0.6) is 0 Å². The van der Waals surface area contributed by atoms with Crippen LogP contribution in [0.25, 0.3) is 0 Å². The highest BCUT2D eigenvalue weighted by molar-refractivity contribution is 6.41. The second kappa shape index (κ2) is 2.76. The van der Waals surface area contributed by atoms with Gasteiger partial charge in [-0.1, -0.05) is 13.8 Å². The van der Waals surface area contributed by atoms with Crippen LogP contribution >= 0.6 is 0 Å². The monoisotopic (exact) mass is 152 g/mol. The lowest BCUT2D eigenvalue weighted by molar-refractivity contribution is 0.428. The molecule has 0 unspecified atom stereocenters. The van der Waals surface area contributed by atoms with E-state index in [0.29, 0.717) is 0 Å². The molecule has 0 spiro atoms. The molecule has 0 bridgehead atoms. The maximum absolute atomic E-state index is 4.55. The minimum atomic E-state index is -0.103. The van der Waals surface area contributed by atoms with Crippen molar-refractivity contribution in [3.63, 3.8) is 0 Å². The van der Waals surface area contributed by atoms with Crippen LogP contribution in [0.1, 0.15) is 40.5 Å². The first-order chi connectivity index (χ1) is 5.13. The minimum absolute atomic E-state index is 0.103. The van der Waals surface area contributed by atoms with Gasteiger partial charge in [-0.25, -0.2) is 0 Å². The predicted octanol–water partition coefficient (Wildman–Crippen LogP) is 2.44. The molecule has 0 fully saturated rings. The van der Waals surface area contributed by atoms with Crippen molar-refractivity contribution >= 4 is 11.4 Å². The molecule has 0 N–H and O–H groups in total. The van der Waals surface area contributed by atoms with Crippen LogP contribution in [0.3, 0.4) is 0 Å². The van der Waals surface area contributed by atoms with Crippen molar-refractivity contribution in [3.05, 3.63) is 0 Å². The van der Waals surface area contributed by atoms with Crippen LogP contribution in [0.2, 0.25) is 0 Å². The summed E-state index contributed by atoms with van der Waals surface area (Å²) < 4.78 is 0. The maximum Gasteiger partial charge on any atom is 0.150 e. The first-order valence-corrected chi connectivity index (χ1v) is 4.27. The van der Waals surface area contributed by atoms with Crippen molar-refractivity contribution in [2.24, 2.45) is 9.98 Å². The molecule has 2 nitrogen and oxygen atoms in total. The summed E-state index contributed by atoms with van der Waals surface area (Å²) in [6, 6.07) is 0. The van der Waals surface area contributed by atoms with Crippen molar-refractivity contribution in [1.29, 1.82) is 0 Å². The maximum atomic E-state index is 4.55. The van der Waals surface area contributed by atoms with Crippen LogP contribution in [-0.4, -0.2) is 17.1 Å². The molecule has 0 atom stereocenters. The van der Waals surface area contributed by atoms with E-state index in [1.807, 2.05) is 13.8 Å². The molecule has 11 heavy (non-hydrogen) atoms. The normalized spacial score (nSPS) is 21.5. The summed E-state index contributed by atoms with van der Waals surface area (Å²) in [5.41, 5.74) is 2.11. The molecule has 0 aliphatic carbocycles. The summed E-state index contributed by atoms with van der Waals surface area (Å²) in [4.78, 5) is 9.10. The molecule has 1 aliphatic rings. The van der Waals surface area contributed by atoms with Crippen molar-refractivity contribution in [1.82, 2.24) is 0 Å². The van der Waals surface area contributed by atoms with Crippen molar-refractivity contribution in [2.75, 3.05) is 0 Å². The Kier molecular flexibility index (Phi) is 2.12. The average molecular weight is 152 g/mol. The topological polar surface area (TPSA) is 24.7 Å². The highest BCUT2D eigenvalue weighted by Crippen LogP contribution is 2.26. The summed E-state index contributed by atoms with van der Waals surface area (Å²) >= 11 is 0. The molecule has 0 saturated heterocycles. The predicted molar refractivity (Wildman–Crippen MR) is 49.5 cm³/mol. The fourth-order valence-corrected chi connectivity index (χ4v) is 1.38. The van der Waals surface area contributed by atoms with Gasteiger partial charge < -0.3 is 0 Å². The summed E-state index contributed by atoms with van der Waals surface area (Å²) in [5, 5.41) is 0. The van der Waals surface area contributed by atoms with E-state index in [-0.39, 0.29) is 5.66 Å². The molecule has 1 aliphatic heterocycles. The van der Waals surface area contributed by atoms with Crippen LogP contribution in [-0.2, 0) is 0 Å². The number of hydrogen-bond donors (Lipinski definition) is 0. The Morgan fingerprint density at radius 3 is 1.55 bits per heavy atom. The van der Waals surface area contributed by atoms with Crippen LogP contribution in [0.4, 0.5) is 0 Å². The molecule has 0 aromatic carbocycles. The highest BCUT2D eigenvalue weighted by atomic mass is 15.1. The van der Waals surface area contributed by atoms with Gasteiger partial charge in [-0.15, -0.1) is 0 Å². The molecular formula is C9H16N2. The van der Waals surface area contributed by atoms with E-state index in [1.165, 1.54) is 0 Å². The lowest BCUT2D eigenvalue weighted by Gasteiger charge is -2.18. The van der Waals surface area contributed by atoms with E-state index in [0.717, 1.165) is 24.3 Å². The SMILES string of the molecule is CCC1(CC)N=C(C)C(C)=N1. The Balaban J connectivity index is 2.93. The molecule has 2 heteroatoms. The van der Waals surface area contributed by atoms with E-state index in [9.17, 15) is 0 Å². The smallest absolute Gasteiger partial charge is 0.150 e.